The summed E-state index contributed by atoms with van der Waals surface area (Å²) in [6, 6.07) is 8.09. The second-order valence-electron chi connectivity index (χ2n) is 6.43. The normalized spacial score (nSPS) is 10.8. The molecule has 0 saturated carbocycles. The molecule has 6 nitrogen and oxygen atoms in total. The smallest absolute Gasteiger partial charge is 0.256 e. The highest BCUT2D eigenvalue weighted by molar-refractivity contribution is 7.71. The number of nitrogens with one attached hydrogen (secondary N) is 3. The van der Waals surface area contributed by atoms with Crippen LogP contribution in [0.5, 0.6) is 0 Å². The summed E-state index contributed by atoms with van der Waals surface area (Å²) in [4.78, 5) is 32.0. The lowest BCUT2D eigenvalue weighted by atomic mass is 10.1. The lowest BCUT2D eigenvalue weighted by Crippen LogP contribution is -2.35. The number of imidazole rings is 1. The lowest BCUT2D eigenvalue weighted by Gasteiger charge is -2.18. The van der Waals surface area contributed by atoms with Crippen LogP contribution in [0, 0.1) is 24.4 Å². The van der Waals surface area contributed by atoms with Gasteiger partial charge in [-0.25, -0.2) is 4.39 Å². The number of hydrogen-bond donors (Lipinski definition) is 3. The third kappa shape index (κ3) is 3.90. The van der Waals surface area contributed by atoms with Gasteiger partial charge >= 0.3 is 0 Å². The number of anilines is 1. The first-order valence-corrected chi connectivity index (χ1v) is 8.70. The fourth-order valence-electron chi connectivity index (χ4n) is 2.96. The number of fused-ring (bicyclic) bond motifs is 1. The molecule has 1 aromatic heterocycles. The van der Waals surface area contributed by atoms with E-state index in [1.165, 1.54) is 18.0 Å². The number of nitrogens with zero attached hydrogens (tertiary/aromatic N) is 1. The molecule has 0 fully saturated rings. The molecular formula is C19H19FN4O2S. The number of carbonyl (C=O) groups excluding carboxylic acids is 2. The summed E-state index contributed by atoms with van der Waals surface area (Å²) in [7, 11) is 1.49. The number of amides is 2. The Morgan fingerprint density at radius 1 is 1.19 bits per heavy atom. The van der Waals surface area contributed by atoms with Gasteiger partial charge in [0.25, 0.3) is 5.91 Å². The average molecular weight is 386 g/mol. The van der Waals surface area contributed by atoms with E-state index < -0.39 is 11.7 Å². The molecule has 0 unspecified atom stereocenters. The van der Waals surface area contributed by atoms with Gasteiger partial charge in [0.2, 0.25) is 5.91 Å². The van der Waals surface area contributed by atoms with Gasteiger partial charge < -0.3 is 20.2 Å². The molecule has 0 spiro atoms. The van der Waals surface area contributed by atoms with Crippen LogP contribution in [0.15, 0.2) is 30.3 Å². The molecule has 8 heteroatoms. The molecule has 0 aliphatic carbocycles. The molecule has 2 aromatic carbocycles. The molecule has 2 amide bonds. The Hall–Kier alpha value is -3.00. The number of aromatic nitrogens is 2. The molecule has 0 aliphatic rings. The van der Waals surface area contributed by atoms with Crippen LogP contribution in [0.25, 0.3) is 11.0 Å². The van der Waals surface area contributed by atoms with Crippen LogP contribution < -0.4 is 5.32 Å². The van der Waals surface area contributed by atoms with E-state index in [2.05, 4.69) is 15.3 Å². The van der Waals surface area contributed by atoms with Crippen molar-refractivity contribution in [2.75, 3.05) is 18.9 Å². The second-order valence-corrected chi connectivity index (χ2v) is 6.84. The van der Waals surface area contributed by atoms with E-state index in [0.29, 0.717) is 15.8 Å². The molecule has 0 radical (unpaired) electrons. The van der Waals surface area contributed by atoms with Gasteiger partial charge in [0.1, 0.15) is 5.82 Å². The molecule has 3 rings (SSSR count). The van der Waals surface area contributed by atoms with Crippen LogP contribution in [0.1, 0.15) is 21.5 Å². The van der Waals surface area contributed by atoms with E-state index >= 15 is 0 Å². The number of halogens is 1. The number of carbonyl (C=O) groups is 2. The van der Waals surface area contributed by atoms with Crippen molar-refractivity contribution < 1.29 is 14.0 Å². The zero-order valence-electron chi connectivity index (χ0n) is 15.1. The summed E-state index contributed by atoms with van der Waals surface area (Å²) in [5.74, 6) is -1.39. The molecule has 0 atom stereocenters. The Morgan fingerprint density at radius 3 is 2.52 bits per heavy atom. The summed E-state index contributed by atoms with van der Waals surface area (Å²) in [5.41, 5.74) is 3.52. The third-order valence-corrected chi connectivity index (χ3v) is 4.50. The standard InChI is InChI=1S/C19H19FN4O2S/c1-10-5-4-6-11(2)16(10)22-15(25)9-24(3)18(26)13-7-12(20)8-14-17(13)23-19(27)21-14/h4-8H,9H2,1-3H3,(H,22,25)(H2,21,23,27). The Bertz CT molecular complexity index is 1080. The van der Waals surface area contributed by atoms with Crippen molar-refractivity contribution in [3.05, 3.63) is 57.6 Å². The fraction of sp³-hybridized carbons (Fsp3) is 0.211. The van der Waals surface area contributed by atoms with E-state index in [1.54, 1.807) is 0 Å². The van der Waals surface area contributed by atoms with Gasteiger partial charge in [0.15, 0.2) is 4.77 Å². The number of aryl methyl sites for hydroxylation is 2. The molecule has 3 N–H and O–H groups in total. The summed E-state index contributed by atoms with van der Waals surface area (Å²) >= 11 is 5.01. The maximum atomic E-state index is 13.9. The van der Waals surface area contributed by atoms with Crippen molar-refractivity contribution in [2.45, 2.75) is 13.8 Å². The topological polar surface area (TPSA) is 81.0 Å². The van der Waals surface area contributed by atoms with Crippen LogP contribution in [-0.4, -0.2) is 40.3 Å². The Morgan fingerprint density at radius 2 is 1.85 bits per heavy atom. The Kier molecular flexibility index (Phi) is 5.09. The van der Waals surface area contributed by atoms with Crippen molar-refractivity contribution in [2.24, 2.45) is 0 Å². The van der Waals surface area contributed by atoms with Crippen molar-refractivity contribution in [3.63, 3.8) is 0 Å². The van der Waals surface area contributed by atoms with E-state index in [4.69, 9.17) is 12.2 Å². The SMILES string of the molecule is Cc1cccc(C)c1NC(=O)CN(C)C(=O)c1cc(F)cc2[nH]c(=S)[nH]c12. The van der Waals surface area contributed by atoms with Gasteiger partial charge in [0.05, 0.1) is 23.1 Å². The minimum Gasteiger partial charge on any atom is -0.332 e. The molecule has 0 aliphatic heterocycles. The summed E-state index contributed by atoms with van der Waals surface area (Å²) in [5, 5.41) is 2.83. The highest BCUT2D eigenvalue weighted by Crippen LogP contribution is 2.21. The highest BCUT2D eigenvalue weighted by Gasteiger charge is 2.20. The molecule has 0 saturated heterocycles. The summed E-state index contributed by atoms with van der Waals surface area (Å²) < 4.78 is 14.1. The molecule has 3 aromatic rings. The third-order valence-electron chi connectivity index (χ3n) is 4.29. The van der Waals surface area contributed by atoms with Crippen molar-refractivity contribution >= 4 is 40.8 Å². The van der Waals surface area contributed by atoms with Crippen LogP contribution in [0.3, 0.4) is 0 Å². The van der Waals surface area contributed by atoms with Crippen LogP contribution in [0.4, 0.5) is 10.1 Å². The molecule has 1 heterocycles. The number of rotatable bonds is 4. The quantitative estimate of drug-likeness (QED) is 0.598. The van der Waals surface area contributed by atoms with Gasteiger partial charge in [-0.2, -0.15) is 0 Å². The van der Waals surface area contributed by atoms with E-state index in [9.17, 15) is 14.0 Å². The van der Waals surface area contributed by atoms with Gasteiger partial charge in [0, 0.05) is 12.7 Å². The number of aromatic amines is 2. The number of H-pyrrole nitrogens is 2. The predicted molar refractivity (Wildman–Crippen MR) is 105 cm³/mol. The molecule has 0 bridgehead atoms. The molecule has 27 heavy (non-hydrogen) atoms. The van der Waals surface area contributed by atoms with Crippen LogP contribution in [-0.2, 0) is 4.79 Å². The lowest BCUT2D eigenvalue weighted by molar-refractivity contribution is -0.116. The van der Waals surface area contributed by atoms with Gasteiger partial charge in [-0.15, -0.1) is 0 Å². The Balaban J connectivity index is 1.80. The zero-order valence-corrected chi connectivity index (χ0v) is 16.0. The largest absolute Gasteiger partial charge is 0.332 e. The molecular weight excluding hydrogens is 367 g/mol. The second kappa shape index (κ2) is 7.32. The van der Waals surface area contributed by atoms with Crippen molar-refractivity contribution in [1.29, 1.82) is 0 Å². The maximum absolute atomic E-state index is 13.9. The number of hydrogen-bond acceptors (Lipinski definition) is 3. The number of benzene rings is 2. The summed E-state index contributed by atoms with van der Waals surface area (Å²) in [6.07, 6.45) is 0. The van der Waals surface area contributed by atoms with E-state index in [-0.39, 0.29) is 18.0 Å². The minimum atomic E-state index is -0.565. The first-order chi connectivity index (χ1) is 12.8. The monoisotopic (exact) mass is 386 g/mol. The number of likely N-dealkylation sites (N-methyl/N-ethyl adjacent to an activating group) is 1. The summed E-state index contributed by atoms with van der Waals surface area (Å²) in [6.45, 7) is 3.62. The maximum Gasteiger partial charge on any atom is 0.256 e. The van der Waals surface area contributed by atoms with Crippen LogP contribution >= 0.6 is 12.2 Å². The van der Waals surface area contributed by atoms with Gasteiger partial charge in [-0.1, -0.05) is 18.2 Å². The van der Waals surface area contributed by atoms with Crippen molar-refractivity contribution in [3.8, 4) is 0 Å². The highest BCUT2D eigenvalue weighted by atomic mass is 32.1. The zero-order chi connectivity index (χ0) is 19.7. The Labute approximate surface area is 160 Å². The number of para-hydroxylation sites is 1. The van der Waals surface area contributed by atoms with Crippen molar-refractivity contribution in [1.82, 2.24) is 14.9 Å². The van der Waals surface area contributed by atoms with E-state index in [0.717, 1.165) is 22.9 Å². The molecule has 140 valence electrons. The van der Waals surface area contributed by atoms with Crippen LogP contribution in [0.2, 0.25) is 0 Å². The predicted octanol–water partition coefficient (Wildman–Crippen LogP) is 3.69. The van der Waals surface area contributed by atoms with Gasteiger partial charge in [-0.3, -0.25) is 9.59 Å². The fourth-order valence-corrected chi connectivity index (χ4v) is 3.17. The van der Waals surface area contributed by atoms with E-state index in [1.807, 2.05) is 32.0 Å². The average Bonchev–Trinajstić information content (AvgIpc) is 2.96. The first kappa shape index (κ1) is 18.8. The minimum absolute atomic E-state index is 0.111. The first-order valence-electron chi connectivity index (χ1n) is 8.29. The van der Waals surface area contributed by atoms with Gasteiger partial charge in [-0.05, 0) is 49.3 Å².